The van der Waals surface area contributed by atoms with Crippen LogP contribution in [0.25, 0.3) is 0 Å². The van der Waals surface area contributed by atoms with E-state index in [0.717, 1.165) is 24.6 Å². The fourth-order valence-electron chi connectivity index (χ4n) is 2.78. The molecule has 2 aromatic rings. The molecule has 0 radical (unpaired) electrons. The maximum Gasteiger partial charge on any atom is 0.171 e. The molecule has 1 aromatic heterocycles. The summed E-state index contributed by atoms with van der Waals surface area (Å²) in [6.07, 6.45) is 4.36. The van der Waals surface area contributed by atoms with Gasteiger partial charge in [-0.25, -0.2) is 4.98 Å². The number of aromatic nitrogens is 1. The highest BCUT2D eigenvalue weighted by Gasteiger charge is 2.13. The molecule has 1 fully saturated rings. The Morgan fingerprint density at radius 1 is 1.13 bits per heavy atom. The van der Waals surface area contributed by atoms with E-state index in [1.165, 1.54) is 18.4 Å². The summed E-state index contributed by atoms with van der Waals surface area (Å²) in [5.74, 6) is 1.05. The lowest BCUT2D eigenvalue weighted by atomic mass is 10.1. The number of pyridine rings is 1. The molecule has 1 aromatic carbocycles. The zero-order chi connectivity index (χ0) is 16.1. The number of hydrogen-bond donors (Lipinski definition) is 2. The maximum atomic E-state index is 5.39. The Bertz CT molecular complexity index is 636. The molecule has 4 nitrogen and oxygen atoms in total. The predicted octanol–water partition coefficient (Wildman–Crippen LogP) is 3.73. The molecule has 0 unspecified atom stereocenters. The molecule has 0 saturated carbocycles. The maximum absolute atomic E-state index is 5.39. The fourth-order valence-corrected chi connectivity index (χ4v) is 3.08. The van der Waals surface area contributed by atoms with Crippen LogP contribution >= 0.6 is 12.2 Å². The van der Waals surface area contributed by atoms with Gasteiger partial charge in [-0.2, -0.15) is 0 Å². The number of thiocarbonyl (C=S) groups is 1. The molecule has 1 saturated heterocycles. The van der Waals surface area contributed by atoms with E-state index in [9.17, 15) is 0 Å². The Kier molecular flexibility index (Phi) is 5.08. The second kappa shape index (κ2) is 7.42. The molecule has 1 aliphatic heterocycles. The Labute approximate surface area is 142 Å². The summed E-state index contributed by atoms with van der Waals surface area (Å²) in [4.78, 5) is 6.84. The molecule has 0 spiro atoms. The quantitative estimate of drug-likeness (QED) is 0.838. The highest BCUT2D eigenvalue weighted by atomic mass is 32.1. The van der Waals surface area contributed by atoms with Gasteiger partial charge in [0.05, 0.1) is 17.9 Å². The largest absolute Gasteiger partial charge is 0.357 e. The summed E-state index contributed by atoms with van der Waals surface area (Å²) < 4.78 is 0. The van der Waals surface area contributed by atoms with Crippen LogP contribution in [0.3, 0.4) is 0 Å². The van der Waals surface area contributed by atoms with Crippen LogP contribution in [0.5, 0.6) is 0 Å². The van der Waals surface area contributed by atoms with Crippen molar-refractivity contribution >= 4 is 28.8 Å². The summed E-state index contributed by atoms with van der Waals surface area (Å²) in [5, 5.41) is 7.10. The minimum absolute atomic E-state index is 0.160. The minimum Gasteiger partial charge on any atom is -0.357 e. The predicted molar refractivity (Wildman–Crippen MR) is 99.9 cm³/mol. The number of nitrogens with zero attached hydrogens (tertiary/aromatic N) is 2. The number of rotatable bonds is 4. The minimum atomic E-state index is 0.160. The monoisotopic (exact) mass is 326 g/mol. The Balaban J connectivity index is 1.55. The van der Waals surface area contributed by atoms with E-state index in [-0.39, 0.29) is 6.04 Å². The topological polar surface area (TPSA) is 40.2 Å². The van der Waals surface area contributed by atoms with Gasteiger partial charge in [-0.3, -0.25) is 0 Å². The van der Waals surface area contributed by atoms with Gasteiger partial charge in [0.1, 0.15) is 5.82 Å². The summed E-state index contributed by atoms with van der Waals surface area (Å²) in [7, 11) is 0. The zero-order valence-electron chi connectivity index (χ0n) is 13.3. The van der Waals surface area contributed by atoms with Gasteiger partial charge >= 0.3 is 0 Å². The van der Waals surface area contributed by atoms with Crippen LogP contribution in [-0.2, 0) is 0 Å². The van der Waals surface area contributed by atoms with Gasteiger partial charge in [-0.05, 0) is 49.7 Å². The van der Waals surface area contributed by atoms with E-state index in [4.69, 9.17) is 12.2 Å². The van der Waals surface area contributed by atoms with E-state index in [0.29, 0.717) is 5.11 Å². The second-order valence-corrected chi connectivity index (χ2v) is 6.24. The van der Waals surface area contributed by atoms with Gasteiger partial charge in [-0.1, -0.05) is 30.3 Å². The molecule has 2 N–H and O–H groups in total. The highest BCUT2D eigenvalue weighted by molar-refractivity contribution is 7.80. The fraction of sp³-hybridized carbons (Fsp3) is 0.333. The van der Waals surface area contributed by atoms with Gasteiger partial charge < -0.3 is 15.5 Å². The molecule has 23 heavy (non-hydrogen) atoms. The molecule has 0 amide bonds. The first-order valence-corrected chi connectivity index (χ1v) is 8.46. The zero-order valence-corrected chi connectivity index (χ0v) is 14.1. The normalized spacial score (nSPS) is 15.3. The average molecular weight is 326 g/mol. The average Bonchev–Trinajstić information content (AvgIpc) is 3.11. The van der Waals surface area contributed by atoms with Crippen molar-refractivity contribution in [2.24, 2.45) is 0 Å². The summed E-state index contributed by atoms with van der Waals surface area (Å²) >= 11 is 5.39. The molecule has 2 heterocycles. The van der Waals surface area contributed by atoms with Crippen molar-refractivity contribution in [3.8, 4) is 0 Å². The van der Waals surface area contributed by atoms with Crippen LogP contribution in [0.1, 0.15) is 31.4 Å². The smallest absolute Gasteiger partial charge is 0.171 e. The van der Waals surface area contributed by atoms with Crippen molar-refractivity contribution < 1.29 is 0 Å². The number of benzene rings is 1. The molecule has 5 heteroatoms. The summed E-state index contributed by atoms with van der Waals surface area (Å²) in [6.45, 7) is 4.31. The molecule has 0 bridgehead atoms. The standard InChI is InChI=1S/C18H22N4S/c1-14(15-7-3-2-4-8-15)20-18(23)21-16-9-10-17(19-13-16)22-11-5-6-12-22/h2-4,7-10,13-14H,5-6,11-12H2,1H3,(H2,20,21,23)/t14-/m1/s1. The van der Waals surface area contributed by atoms with Crippen LogP contribution in [0, 0.1) is 0 Å². The lowest BCUT2D eigenvalue weighted by Gasteiger charge is -2.18. The third kappa shape index (κ3) is 4.20. The molecule has 120 valence electrons. The van der Waals surface area contributed by atoms with Crippen LogP contribution in [0.15, 0.2) is 48.7 Å². The van der Waals surface area contributed by atoms with Crippen molar-refractivity contribution in [3.63, 3.8) is 0 Å². The van der Waals surface area contributed by atoms with Crippen molar-refractivity contribution in [1.29, 1.82) is 0 Å². The molecular formula is C18H22N4S. The molecule has 1 aliphatic rings. The highest BCUT2D eigenvalue weighted by Crippen LogP contribution is 2.19. The van der Waals surface area contributed by atoms with E-state index in [2.05, 4.69) is 45.6 Å². The lowest BCUT2D eigenvalue weighted by Crippen LogP contribution is -2.31. The molecule has 1 atom stereocenters. The van der Waals surface area contributed by atoms with Crippen LogP contribution in [0.4, 0.5) is 11.5 Å². The van der Waals surface area contributed by atoms with Gasteiger partial charge in [-0.15, -0.1) is 0 Å². The number of hydrogen-bond acceptors (Lipinski definition) is 3. The Hall–Kier alpha value is -2.14. The van der Waals surface area contributed by atoms with E-state index in [1.807, 2.05) is 30.5 Å². The first kappa shape index (κ1) is 15.7. The van der Waals surface area contributed by atoms with Gasteiger partial charge in [0.2, 0.25) is 0 Å². The van der Waals surface area contributed by atoms with Crippen LogP contribution in [-0.4, -0.2) is 23.2 Å². The third-order valence-electron chi connectivity index (χ3n) is 4.08. The van der Waals surface area contributed by atoms with Crippen LogP contribution in [0.2, 0.25) is 0 Å². The van der Waals surface area contributed by atoms with Gasteiger partial charge in [0.15, 0.2) is 5.11 Å². The van der Waals surface area contributed by atoms with Crippen molar-refractivity contribution in [1.82, 2.24) is 10.3 Å². The number of nitrogens with one attached hydrogen (secondary N) is 2. The molecule has 3 rings (SSSR count). The van der Waals surface area contributed by atoms with Crippen molar-refractivity contribution in [2.75, 3.05) is 23.3 Å². The summed E-state index contributed by atoms with van der Waals surface area (Å²) in [6, 6.07) is 14.5. The van der Waals surface area contributed by atoms with Crippen molar-refractivity contribution in [2.45, 2.75) is 25.8 Å². The first-order valence-electron chi connectivity index (χ1n) is 8.06. The molecule has 0 aliphatic carbocycles. The first-order chi connectivity index (χ1) is 11.2. The van der Waals surface area contributed by atoms with E-state index >= 15 is 0 Å². The van der Waals surface area contributed by atoms with E-state index in [1.54, 1.807) is 0 Å². The second-order valence-electron chi connectivity index (χ2n) is 5.83. The Morgan fingerprint density at radius 2 is 1.87 bits per heavy atom. The summed E-state index contributed by atoms with van der Waals surface area (Å²) in [5.41, 5.74) is 2.12. The number of anilines is 2. The Morgan fingerprint density at radius 3 is 2.52 bits per heavy atom. The lowest BCUT2D eigenvalue weighted by molar-refractivity contribution is 0.722. The third-order valence-corrected chi connectivity index (χ3v) is 4.30. The molecular weight excluding hydrogens is 304 g/mol. The van der Waals surface area contributed by atoms with Gasteiger partial charge in [0, 0.05) is 13.1 Å². The van der Waals surface area contributed by atoms with Crippen LogP contribution < -0.4 is 15.5 Å². The van der Waals surface area contributed by atoms with Crippen molar-refractivity contribution in [3.05, 3.63) is 54.2 Å². The SMILES string of the molecule is C[C@@H](NC(=S)Nc1ccc(N2CCCC2)nc1)c1ccccc1. The van der Waals surface area contributed by atoms with E-state index < -0.39 is 0 Å². The van der Waals surface area contributed by atoms with Gasteiger partial charge in [0.25, 0.3) is 0 Å².